The van der Waals surface area contributed by atoms with Crippen LogP contribution in [-0.4, -0.2) is 46.0 Å². The van der Waals surface area contributed by atoms with E-state index in [0.29, 0.717) is 18.9 Å². The van der Waals surface area contributed by atoms with Gasteiger partial charge in [-0.3, -0.25) is 9.78 Å². The summed E-state index contributed by atoms with van der Waals surface area (Å²) in [6.45, 7) is 1.33. The van der Waals surface area contributed by atoms with Gasteiger partial charge in [-0.05, 0) is 36.1 Å². The van der Waals surface area contributed by atoms with Crippen LogP contribution in [0.3, 0.4) is 0 Å². The van der Waals surface area contributed by atoms with Crippen LogP contribution in [0.4, 0.5) is 0 Å². The Morgan fingerprint density at radius 2 is 1.60 bits per heavy atom. The predicted molar refractivity (Wildman–Crippen MR) is 135 cm³/mol. The van der Waals surface area contributed by atoms with Gasteiger partial charge >= 0.3 is 0 Å². The molecular formula is C29H28N4O2. The number of rotatable bonds is 6. The van der Waals surface area contributed by atoms with E-state index in [-0.39, 0.29) is 11.8 Å². The van der Waals surface area contributed by atoms with Crippen LogP contribution in [0.15, 0.2) is 91.4 Å². The lowest BCUT2D eigenvalue weighted by molar-refractivity contribution is -0.143. The van der Waals surface area contributed by atoms with Crippen LogP contribution in [0.25, 0.3) is 22.5 Å². The lowest BCUT2D eigenvalue weighted by atomic mass is 9.88. The van der Waals surface area contributed by atoms with Crippen molar-refractivity contribution in [3.8, 4) is 22.5 Å². The first-order valence-corrected chi connectivity index (χ1v) is 11.9. The van der Waals surface area contributed by atoms with Crippen molar-refractivity contribution in [3.63, 3.8) is 0 Å². The summed E-state index contributed by atoms with van der Waals surface area (Å²) in [6, 6.07) is 23.8. The number of nitrogens with zero attached hydrogens (tertiary/aromatic N) is 4. The molecule has 35 heavy (non-hydrogen) atoms. The van der Waals surface area contributed by atoms with Crippen LogP contribution in [0.2, 0.25) is 0 Å². The fraction of sp³-hybridized carbons (Fsp3) is 0.241. The summed E-state index contributed by atoms with van der Waals surface area (Å²) in [4.78, 5) is 29.1. The first kappa shape index (κ1) is 22.9. The largest absolute Gasteiger partial charge is 0.367 e. The monoisotopic (exact) mass is 464 g/mol. The standard InChI is InChI=1S/C29H28N4O2/c1-35-27(23-11-6-3-7-12-23)29(34)33-17-14-22(15-18-33)26-25(21-9-4-2-5-10-21)20-31-28(32-26)24-13-8-16-30-19-24/h2-13,16,19-20,22,27H,14-15,17-18H2,1H3/t27-/m1/s1. The van der Waals surface area contributed by atoms with Crippen LogP contribution in [0, 0.1) is 0 Å². The van der Waals surface area contributed by atoms with E-state index in [1.807, 2.05) is 71.8 Å². The van der Waals surface area contributed by atoms with Gasteiger partial charge in [-0.15, -0.1) is 0 Å². The fourth-order valence-corrected chi connectivity index (χ4v) is 4.73. The maximum absolute atomic E-state index is 13.3. The number of hydrogen-bond donors (Lipinski definition) is 0. The summed E-state index contributed by atoms with van der Waals surface area (Å²) in [5, 5.41) is 0. The topological polar surface area (TPSA) is 68.2 Å². The molecule has 1 fully saturated rings. The second-order valence-corrected chi connectivity index (χ2v) is 8.73. The van der Waals surface area contributed by atoms with Crippen molar-refractivity contribution in [1.82, 2.24) is 19.9 Å². The second kappa shape index (κ2) is 10.6. The summed E-state index contributed by atoms with van der Waals surface area (Å²) >= 11 is 0. The number of methoxy groups -OCH3 is 1. The summed E-state index contributed by atoms with van der Waals surface area (Å²) in [6.07, 6.45) is 6.55. The maximum Gasteiger partial charge on any atom is 0.256 e. The van der Waals surface area contributed by atoms with Gasteiger partial charge < -0.3 is 9.64 Å². The van der Waals surface area contributed by atoms with Crippen LogP contribution < -0.4 is 0 Å². The second-order valence-electron chi connectivity index (χ2n) is 8.73. The number of ether oxygens (including phenoxy) is 1. The number of piperidine rings is 1. The van der Waals surface area contributed by atoms with E-state index in [9.17, 15) is 4.79 Å². The zero-order valence-electron chi connectivity index (χ0n) is 19.7. The Morgan fingerprint density at radius 1 is 0.914 bits per heavy atom. The van der Waals surface area contributed by atoms with Gasteiger partial charge in [-0.1, -0.05) is 60.7 Å². The molecule has 0 N–H and O–H groups in total. The summed E-state index contributed by atoms with van der Waals surface area (Å²) in [5.74, 6) is 0.916. The number of carbonyl (C=O) groups is 1. The smallest absolute Gasteiger partial charge is 0.256 e. The average molecular weight is 465 g/mol. The molecule has 1 amide bonds. The minimum atomic E-state index is -0.580. The molecule has 3 heterocycles. The van der Waals surface area contributed by atoms with Gasteiger partial charge in [-0.2, -0.15) is 0 Å². The van der Waals surface area contributed by atoms with Crippen LogP contribution in [0.5, 0.6) is 0 Å². The van der Waals surface area contributed by atoms with Gasteiger partial charge in [0.2, 0.25) is 0 Å². The minimum Gasteiger partial charge on any atom is -0.367 e. The van der Waals surface area contributed by atoms with Crippen LogP contribution >= 0.6 is 0 Å². The molecule has 1 saturated heterocycles. The molecule has 176 valence electrons. The molecule has 6 nitrogen and oxygen atoms in total. The van der Waals surface area contributed by atoms with Gasteiger partial charge in [0.25, 0.3) is 5.91 Å². The third-order valence-electron chi connectivity index (χ3n) is 6.58. The number of amides is 1. The lowest BCUT2D eigenvalue weighted by Gasteiger charge is -2.34. The lowest BCUT2D eigenvalue weighted by Crippen LogP contribution is -2.41. The van der Waals surface area contributed by atoms with Crippen LogP contribution in [0.1, 0.15) is 36.1 Å². The van der Waals surface area contributed by atoms with Gasteiger partial charge in [0.1, 0.15) is 0 Å². The number of pyridine rings is 1. The Bertz CT molecular complexity index is 1260. The molecule has 0 radical (unpaired) electrons. The molecule has 0 saturated carbocycles. The highest BCUT2D eigenvalue weighted by atomic mass is 16.5. The van der Waals surface area contributed by atoms with E-state index in [1.165, 1.54) is 0 Å². The van der Waals surface area contributed by atoms with Crippen molar-refractivity contribution in [1.29, 1.82) is 0 Å². The normalized spacial score (nSPS) is 15.1. The molecule has 6 heteroatoms. The third-order valence-corrected chi connectivity index (χ3v) is 6.58. The van der Waals surface area contributed by atoms with Gasteiger partial charge in [0.05, 0.1) is 5.69 Å². The van der Waals surface area contributed by atoms with E-state index in [1.54, 1.807) is 19.5 Å². The SMILES string of the molecule is CO[C@@H](C(=O)N1CCC(c2nc(-c3cccnc3)ncc2-c2ccccc2)CC1)c1ccccc1. The highest BCUT2D eigenvalue weighted by Crippen LogP contribution is 2.35. The molecular weight excluding hydrogens is 436 g/mol. The summed E-state index contributed by atoms with van der Waals surface area (Å²) in [7, 11) is 1.59. The number of carbonyl (C=O) groups excluding carboxylic acids is 1. The number of likely N-dealkylation sites (tertiary alicyclic amines) is 1. The van der Waals surface area contributed by atoms with Crippen molar-refractivity contribution in [2.24, 2.45) is 0 Å². The molecule has 0 aliphatic carbocycles. The highest BCUT2D eigenvalue weighted by Gasteiger charge is 2.31. The van der Waals surface area contributed by atoms with Crippen LogP contribution in [-0.2, 0) is 9.53 Å². The first-order chi connectivity index (χ1) is 17.2. The summed E-state index contributed by atoms with van der Waals surface area (Å²) < 4.78 is 5.59. The Kier molecular flexibility index (Phi) is 6.91. The molecule has 2 aromatic heterocycles. The molecule has 2 aromatic carbocycles. The van der Waals surface area contributed by atoms with Gasteiger partial charge in [0.15, 0.2) is 11.9 Å². The zero-order valence-corrected chi connectivity index (χ0v) is 19.7. The van der Waals surface area contributed by atoms with Gasteiger partial charge in [0, 0.05) is 55.8 Å². The molecule has 0 unspecified atom stereocenters. The van der Waals surface area contributed by atoms with Crippen molar-refractivity contribution in [3.05, 3.63) is 103 Å². The Hall–Kier alpha value is -3.90. The first-order valence-electron chi connectivity index (χ1n) is 11.9. The molecule has 5 rings (SSSR count). The number of hydrogen-bond acceptors (Lipinski definition) is 5. The van der Waals surface area contributed by atoms with Gasteiger partial charge in [-0.25, -0.2) is 9.97 Å². The molecule has 1 aliphatic heterocycles. The molecule has 0 spiro atoms. The third kappa shape index (κ3) is 4.98. The molecule has 0 bridgehead atoms. The Morgan fingerprint density at radius 3 is 2.26 bits per heavy atom. The minimum absolute atomic E-state index is 0.0131. The number of aromatic nitrogens is 3. The zero-order chi connectivity index (χ0) is 24.0. The Labute approximate surface area is 205 Å². The quantitative estimate of drug-likeness (QED) is 0.387. The van der Waals surface area contributed by atoms with Crippen molar-refractivity contribution in [2.75, 3.05) is 20.2 Å². The molecule has 1 atom stereocenters. The highest BCUT2D eigenvalue weighted by molar-refractivity contribution is 5.82. The van der Waals surface area contributed by atoms with E-state index >= 15 is 0 Å². The molecule has 1 aliphatic rings. The molecule has 4 aromatic rings. The summed E-state index contributed by atoms with van der Waals surface area (Å²) in [5.41, 5.74) is 4.95. The van der Waals surface area contributed by atoms with E-state index < -0.39 is 6.10 Å². The predicted octanol–water partition coefficient (Wildman–Crippen LogP) is 5.30. The van der Waals surface area contributed by atoms with Crippen molar-refractivity contribution < 1.29 is 9.53 Å². The average Bonchev–Trinajstić information content (AvgIpc) is 2.95. The van der Waals surface area contributed by atoms with Crippen molar-refractivity contribution >= 4 is 5.91 Å². The van der Waals surface area contributed by atoms with E-state index in [2.05, 4.69) is 22.1 Å². The van der Waals surface area contributed by atoms with E-state index in [0.717, 1.165) is 40.8 Å². The Balaban J connectivity index is 1.40. The maximum atomic E-state index is 13.3. The number of benzene rings is 2. The fourth-order valence-electron chi connectivity index (χ4n) is 4.73. The van der Waals surface area contributed by atoms with E-state index in [4.69, 9.17) is 9.72 Å². The van der Waals surface area contributed by atoms with Crippen molar-refractivity contribution in [2.45, 2.75) is 24.9 Å².